The number of nitrogens with zero attached hydrogens (tertiary/aromatic N) is 1. The molecule has 10 heteroatoms. The number of hydrogen-bond acceptors (Lipinski definition) is 10. The fraction of sp³-hybridized carbons (Fsp3) is 0.786. The van der Waals surface area contributed by atoms with Crippen molar-refractivity contribution in [3.05, 3.63) is 11.8 Å². The average molecular weight is 347 g/mol. The summed E-state index contributed by atoms with van der Waals surface area (Å²) in [6, 6.07) is -0.710. The molecule has 0 aromatic rings. The van der Waals surface area contributed by atoms with Gasteiger partial charge in [0.2, 0.25) is 6.29 Å². The number of aliphatic imine (C=N–C) groups is 1. The zero-order valence-electron chi connectivity index (χ0n) is 12.9. The van der Waals surface area contributed by atoms with Crippen LogP contribution in [0.2, 0.25) is 0 Å². The van der Waals surface area contributed by atoms with Crippen LogP contribution in [0.5, 0.6) is 0 Å². The quantitative estimate of drug-likeness (QED) is 0.381. The molecule has 1 saturated heterocycles. The molecule has 0 radical (unpaired) electrons. The van der Waals surface area contributed by atoms with Gasteiger partial charge in [0.05, 0.1) is 13.2 Å². The second kappa shape index (κ2) is 6.92. The standard InChI is InChI=1S/C14H21NO9/c1-5-15-10-12(20)13(8(4-17)23-14(10)21-5)24-9-2-6(18)11(19)7(3-16)22-9/h2,7-14,16-20H,3-4H2,1H3/t7?,8?,9-,10?,11-,12?,13+,14-/m0/s1. The molecular formula is C14H21NO9. The number of hydrogen-bond donors (Lipinski definition) is 5. The van der Waals surface area contributed by atoms with Crippen LogP contribution in [-0.4, -0.2) is 93.8 Å². The molecule has 3 aliphatic heterocycles. The Morgan fingerprint density at radius 3 is 2.54 bits per heavy atom. The first kappa shape index (κ1) is 17.5. The van der Waals surface area contributed by atoms with Gasteiger partial charge in [0.15, 0.2) is 12.2 Å². The lowest BCUT2D eigenvalue weighted by Crippen LogP contribution is -2.59. The summed E-state index contributed by atoms with van der Waals surface area (Å²) < 4.78 is 21.8. The first-order valence-corrected chi connectivity index (χ1v) is 7.60. The minimum atomic E-state index is -1.36. The monoisotopic (exact) mass is 347 g/mol. The van der Waals surface area contributed by atoms with E-state index in [1.165, 1.54) is 0 Å². The number of fused-ring (bicyclic) bond motifs is 1. The van der Waals surface area contributed by atoms with E-state index in [-0.39, 0.29) is 0 Å². The third-order valence-corrected chi connectivity index (χ3v) is 4.18. The average Bonchev–Trinajstić information content (AvgIpc) is 2.93. The second-order valence-electron chi connectivity index (χ2n) is 5.84. The van der Waals surface area contributed by atoms with Crippen LogP contribution in [0.3, 0.4) is 0 Å². The predicted octanol–water partition coefficient (Wildman–Crippen LogP) is -2.21. The van der Waals surface area contributed by atoms with E-state index in [0.717, 1.165) is 6.08 Å². The highest BCUT2D eigenvalue weighted by Crippen LogP contribution is 2.32. The van der Waals surface area contributed by atoms with Crippen molar-refractivity contribution in [2.75, 3.05) is 13.2 Å². The van der Waals surface area contributed by atoms with Crippen molar-refractivity contribution in [1.29, 1.82) is 0 Å². The minimum Gasteiger partial charge on any atom is -0.510 e. The van der Waals surface area contributed by atoms with Gasteiger partial charge in [-0.2, -0.15) is 0 Å². The number of rotatable bonds is 4. The maximum absolute atomic E-state index is 10.5. The largest absolute Gasteiger partial charge is 0.510 e. The summed E-state index contributed by atoms with van der Waals surface area (Å²) in [5, 5.41) is 48.5. The van der Waals surface area contributed by atoms with Gasteiger partial charge in [0, 0.05) is 13.0 Å². The molecule has 3 aliphatic rings. The van der Waals surface area contributed by atoms with Crippen LogP contribution in [-0.2, 0) is 18.9 Å². The lowest BCUT2D eigenvalue weighted by Gasteiger charge is -2.41. The third kappa shape index (κ3) is 3.14. The fourth-order valence-electron chi connectivity index (χ4n) is 2.95. The lowest BCUT2D eigenvalue weighted by molar-refractivity contribution is -0.286. The van der Waals surface area contributed by atoms with Gasteiger partial charge in [-0.1, -0.05) is 0 Å². The van der Waals surface area contributed by atoms with Gasteiger partial charge in [-0.3, -0.25) is 0 Å². The molecule has 0 aliphatic carbocycles. The molecule has 0 aromatic heterocycles. The molecule has 136 valence electrons. The van der Waals surface area contributed by atoms with Gasteiger partial charge < -0.3 is 44.5 Å². The predicted molar refractivity (Wildman–Crippen MR) is 77.1 cm³/mol. The van der Waals surface area contributed by atoms with E-state index >= 15 is 0 Å². The van der Waals surface area contributed by atoms with E-state index in [2.05, 4.69) is 4.99 Å². The molecule has 8 atom stereocenters. The van der Waals surface area contributed by atoms with Crippen molar-refractivity contribution in [3.63, 3.8) is 0 Å². The summed E-state index contributed by atoms with van der Waals surface area (Å²) in [7, 11) is 0. The Hall–Kier alpha value is -1.27. The van der Waals surface area contributed by atoms with Gasteiger partial charge in [0.1, 0.15) is 42.3 Å². The molecular weight excluding hydrogens is 326 g/mol. The highest BCUT2D eigenvalue weighted by molar-refractivity contribution is 5.75. The second-order valence-corrected chi connectivity index (χ2v) is 5.84. The summed E-state index contributed by atoms with van der Waals surface area (Å²) in [6.07, 6.45) is -6.33. The SMILES string of the molecule is CC1=NC2C(O)[C@H](O[C@H]3C=C(O)[C@H](O)C(CO)O3)C(CO)O[C@@H]2O1. The van der Waals surface area contributed by atoms with Crippen molar-refractivity contribution >= 4 is 5.90 Å². The Morgan fingerprint density at radius 2 is 1.88 bits per heavy atom. The first-order valence-electron chi connectivity index (χ1n) is 7.60. The molecule has 0 saturated carbocycles. The normalized spacial score (nSPS) is 45.2. The summed E-state index contributed by atoms with van der Waals surface area (Å²) in [5.74, 6) is -0.0516. The van der Waals surface area contributed by atoms with Crippen LogP contribution in [0.25, 0.3) is 0 Å². The zero-order chi connectivity index (χ0) is 17.4. The van der Waals surface area contributed by atoms with Gasteiger partial charge in [0.25, 0.3) is 0 Å². The molecule has 24 heavy (non-hydrogen) atoms. The van der Waals surface area contributed by atoms with Crippen molar-refractivity contribution < 1.29 is 44.5 Å². The van der Waals surface area contributed by atoms with Crippen LogP contribution < -0.4 is 0 Å². The molecule has 0 aromatic carbocycles. The molecule has 5 N–H and O–H groups in total. The Morgan fingerprint density at radius 1 is 1.17 bits per heavy atom. The van der Waals surface area contributed by atoms with Gasteiger partial charge in [-0.05, 0) is 0 Å². The molecule has 0 spiro atoms. The van der Waals surface area contributed by atoms with E-state index in [1.54, 1.807) is 6.92 Å². The first-order chi connectivity index (χ1) is 11.4. The Balaban J connectivity index is 1.75. The molecule has 3 heterocycles. The van der Waals surface area contributed by atoms with E-state index in [9.17, 15) is 25.5 Å². The zero-order valence-corrected chi connectivity index (χ0v) is 12.9. The van der Waals surface area contributed by atoms with Gasteiger partial charge in [-0.25, -0.2) is 4.99 Å². The third-order valence-electron chi connectivity index (χ3n) is 4.18. The van der Waals surface area contributed by atoms with Crippen molar-refractivity contribution in [1.82, 2.24) is 0 Å². The highest BCUT2D eigenvalue weighted by Gasteiger charge is 2.50. The molecule has 0 bridgehead atoms. The number of ether oxygens (including phenoxy) is 4. The minimum absolute atomic E-state index is 0.358. The molecule has 3 rings (SSSR count). The van der Waals surface area contributed by atoms with Gasteiger partial charge >= 0.3 is 0 Å². The van der Waals surface area contributed by atoms with E-state index in [4.69, 9.17) is 18.9 Å². The Bertz CT molecular complexity index is 524. The maximum atomic E-state index is 10.5. The Labute approximate surface area is 137 Å². The molecule has 0 amide bonds. The van der Waals surface area contributed by atoms with E-state index in [1.807, 2.05) is 0 Å². The topological polar surface area (TPSA) is 150 Å². The molecule has 10 nitrogen and oxygen atoms in total. The van der Waals surface area contributed by atoms with E-state index in [0.29, 0.717) is 5.90 Å². The van der Waals surface area contributed by atoms with E-state index < -0.39 is 68.1 Å². The molecule has 1 fully saturated rings. The van der Waals surface area contributed by atoms with Crippen LogP contribution >= 0.6 is 0 Å². The summed E-state index contributed by atoms with van der Waals surface area (Å²) in [4.78, 5) is 4.13. The highest BCUT2D eigenvalue weighted by atomic mass is 16.7. The van der Waals surface area contributed by atoms with Crippen LogP contribution in [0.15, 0.2) is 16.8 Å². The van der Waals surface area contributed by atoms with Crippen LogP contribution in [0.4, 0.5) is 0 Å². The Kier molecular flexibility index (Phi) is 5.06. The van der Waals surface area contributed by atoms with Crippen LogP contribution in [0, 0.1) is 0 Å². The summed E-state index contributed by atoms with van der Waals surface area (Å²) in [6.45, 7) is 0.645. The lowest BCUT2D eigenvalue weighted by atomic mass is 9.97. The summed E-state index contributed by atoms with van der Waals surface area (Å²) >= 11 is 0. The smallest absolute Gasteiger partial charge is 0.227 e. The fourth-order valence-corrected chi connectivity index (χ4v) is 2.95. The van der Waals surface area contributed by atoms with Gasteiger partial charge in [-0.15, -0.1) is 0 Å². The molecule has 4 unspecified atom stereocenters. The summed E-state index contributed by atoms with van der Waals surface area (Å²) in [5.41, 5.74) is 0. The number of aliphatic hydroxyl groups is 5. The maximum Gasteiger partial charge on any atom is 0.227 e. The van der Waals surface area contributed by atoms with Crippen molar-refractivity contribution in [2.24, 2.45) is 4.99 Å². The number of aliphatic hydroxyl groups excluding tert-OH is 5. The van der Waals surface area contributed by atoms with Crippen molar-refractivity contribution in [3.8, 4) is 0 Å². The van der Waals surface area contributed by atoms with Crippen molar-refractivity contribution in [2.45, 2.75) is 56.1 Å². The van der Waals surface area contributed by atoms with Crippen LogP contribution in [0.1, 0.15) is 6.92 Å².